The molecule has 0 bridgehead atoms. The molecule has 2 heteroatoms. The standard InChI is InChI=1S/C10H10N2/c1-12-7-3-4-8-9(11)5-2-6-10(8)12/h2-7H,1,11H2/q+1. The first-order valence-corrected chi connectivity index (χ1v) is 3.79. The Balaban J connectivity index is 2.94. The summed E-state index contributed by atoms with van der Waals surface area (Å²) in [6.07, 6.45) is 1.90. The van der Waals surface area contributed by atoms with Gasteiger partial charge < -0.3 is 5.73 Å². The first-order chi connectivity index (χ1) is 5.79. The summed E-state index contributed by atoms with van der Waals surface area (Å²) >= 11 is 0. The second kappa shape index (κ2) is 2.48. The molecule has 0 fully saturated rings. The van der Waals surface area contributed by atoms with Gasteiger partial charge in [0.1, 0.15) is 0 Å². The first kappa shape index (κ1) is 7.10. The van der Waals surface area contributed by atoms with Crippen LogP contribution in [0, 0.1) is 7.05 Å². The molecule has 1 heterocycles. The number of nitrogen functional groups attached to an aromatic ring is 1. The number of hydrogen-bond acceptors (Lipinski definition) is 1. The molecule has 1 aromatic carbocycles. The zero-order chi connectivity index (χ0) is 8.55. The van der Waals surface area contributed by atoms with E-state index in [0.717, 1.165) is 16.6 Å². The minimum Gasteiger partial charge on any atom is -0.398 e. The highest BCUT2D eigenvalue weighted by molar-refractivity contribution is 5.87. The van der Waals surface area contributed by atoms with E-state index in [1.807, 2.05) is 41.1 Å². The fourth-order valence-electron chi connectivity index (χ4n) is 1.33. The van der Waals surface area contributed by atoms with Gasteiger partial charge in [-0.05, 0) is 12.1 Å². The van der Waals surface area contributed by atoms with Gasteiger partial charge in [-0.25, -0.2) is 0 Å². The van der Waals surface area contributed by atoms with Crippen molar-refractivity contribution in [3.63, 3.8) is 0 Å². The smallest absolute Gasteiger partial charge is 0.214 e. The lowest BCUT2D eigenvalue weighted by atomic mass is 10.2. The minimum absolute atomic E-state index is 0.797. The lowest BCUT2D eigenvalue weighted by Crippen LogP contribution is -2.25. The maximum atomic E-state index is 5.78. The van der Waals surface area contributed by atoms with Gasteiger partial charge in [0.2, 0.25) is 12.6 Å². The molecule has 1 aromatic heterocycles. The molecule has 0 saturated carbocycles. The molecule has 0 atom stereocenters. The van der Waals surface area contributed by atoms with E-state index in [1.165, 1.54) is 0 Å². The molecule has 2 rings (SSSR count). The van der Waals surface area contributed by atoms with Gasteiger partial charge in [-0.15, -0.1) is 0 Å². The molecular weight excluding hydrogens is 148 g/mol. The van der Waals surface area contributed by atoms with Crippen LogP contribution in [0.15, 0.2) is 36.5 Å². The SMILES string of the molecule is [CH2][n+]1cccc2c(N)cccc21. The average Bonchev–Trinajstić information content (AvgIpc) is 2.07. The Hall–Kier alpha value is -1.57. The molecular formula is C10H10N2+. The predicted octanol–water partition coefficient (Wildman–Crippen LogP) is 1.35. The molecule has 2 nitrogen and oxygen atoms in total. The fraction of sp³-hybridized carbons (Fsp3) is 0. The highest BCUT2D eigenvalue weighted by Crippen LogP contribution is 2.16. The van der Waals surface area contributed by atoms with Crippen molar-refractivity contribution in [2.24, 2.45) is 0 Å². The Morgan fingerprint density at radius 3 is 2.75 bits per heavy atom. The second-order valence-electron chi connectivity index (χ2n) is 2.76. The van der Waals surface area contributed by atoms with Gasteiger partial charge in [0, 0.05) is 17.8 Å². The van der Waals surface area contributed by atoms with Gasteiger partial charge >= 0.3 is 0 Å². The van der Waals surface area contributed by atoms with Crippen LogP contribution in [0.3, 0.4) is 0 Å². The van der Waals surface area contributed by atoms with Crippen LogP contribution in [0.1, 0.15) is 0 Å². The third kappa shape index (κ3) is 0.925. The van der Waals surface area contributed by atoms with Gasteiger partial charge in [0.25, 0.3) is 0 Å². The third-order valence-corrected chi connectivity index (χ3v) is 1.96. The molecule has 0 amide bonds. The van der Waals surface area contributed by atoms with Crippen LogP contribution in [0.4, 0.5) is 5.69 Å². The largest absolute Gasteiger partial charge is 0.398 e. The number of hydrogen-bond donors (Lipinski definition) is 1. The van der Waals surface area contributed by atoms with Gasteiger partial charge in [-0.3, -0.25) is 0 Å². The summed E-state index contributed by atoms with van der Waals surface area (Å²) < 4.78 is 1.81. The summed E-state index contributed by atoms with van der Waals surface area (Å²) in [5, 5.41) is 1.05. The summed E-state index contributed by atoms with van der Waals surface area (Å²) in [4.78, 5) is 0. The van der Waals surface area contributed by atoms with Crippen LogP contribution in [0.25, 0.3) is 10.9 Å². The highest BCUT2D eigenvalue weighted by Gasteiger charge is 2.04. The number of nitrogens with zero attached hydrogens (tertiary/aromatic N) is 1. The molecule has 12 heavy (non-hydrogen) atoms. The summed E-state index contributed by atoms with van der Waals surface area (Å²) in [5.41, 5.74) is 7.63. The lowest BCUT2D eigenvalue weighted by molar-refractivity contribution is -0.584. The Labute approximate surface area is 71.2 Å². The lowest BCUT2D eigenvalue weighted by Gasteiger charge is -1.97. The molecule has 0 aliphatic rings. The Kier molecular flexibility index (Phi) is 1.47. The summed E-state index contributed by atoms with van der Waals surface area (Å²) in [5.74, 6) is 0. The average molecular weight is 158 g/mol. The molecule has 0 spiro atoms. The van der Waals surface area contributed by atoms with Crippen LogP contribution < -0.4 is 10.3 Å². The predicted molar refractivity (Wildman–Crippen MR) is 49.3 cm³/mol. The number of aromatic nitrogens is 1. The summed E-state index contributed by atoms with van der Waals surface area (Å²) in [7, 11) is 3.85. The van der Waals surface area contributed by atoms with Crippen molar-refractivity contribution in [1.82, 2.24) is 0 Å². The Morgan fingerprint density at radius 2 is 2.00 bits per heavy atom. The molecule has 2 N–H and O–H groups in total. The van der Waals surface area contributed by atoms with E-state index in [9.17, 15) is 0 Å². The molecule has 0 saturated heterocycles. The van der Waals surface area contributed by atoms with Crippen LogP contribution in [-0.2, 0) is 0 Å². The third-order valence-electron chi connectivity index (χ3n) is 1.96. The normalized spacial score (nSPS) is 10.4. The van der Waals surface area contributed by atoms with Crippen LogP contribution in [0.2, 0.25) is 0 Å². The van der Waals surface area contributed by atoms with Crippen molar-refractivity contribution in [2.45, 2.75) is 0 Å². The molecule has 59 valence electrons. The number of anilines is 1. The second-order valence-corrected chi connectivity index (χ2v) is 2.76. The van der Waals surface area contributed by atoms with Crippen molar-refractivity contribution >= 4 is 16.6 Å². The van der Waals surface area contributed by atoms with Crippen molar-refractivity contribution < 1.29 is 4.57 Å². The molecule has 0 aliphatic carbocycles. The molecule has 1 radical (unpaired) electrons. The molecule has 0 unspecified atom stereocenters. The van der Waals surface area contributed by atoms with Crippen LogP contribution in [0.5, 0.6) is 0 Å². The number of pyridine rings is 1. The van der Waals surface area contributed by atoms with Gasteiger partial charge in [-0.2, -0.15) is 4.57 Å². The number of benzene rings is 1. The minimum atomic E-state index is 0.797. The number of fused-ring (bicyclic) bond motifs is 1. The zero-order valence-electron chi connectivity index (χ0n) is 6.70. The van der Waals surface area contributed by atoms with E-state index >= 15 is 0 Å². The maximum Gasteiger partial charge on any atom is 0.214 e. The Bertz CT molecular complexity index is 380. The van der Waals surface area contributed by atoms with Crippen LogP contribution in [-0.4, -0.2) is 0 Å². The van der Waals surface area contributed by atoms with E-state index in [-0.39, 0.29) is 0 Å². The van der Waals surface area contributed by atoms with Crippen LogP contribution >= 0.6 is 0 Å². The van der Waals surface area contributed by atoms with E-state index in [0.29, 0.717) is 0 Å². The van der Waals surface area contributed by atoms with Crippen molar-refractivity contribution in [3.05, 3.63) is 43.6 Å². The maximum absolute atomic E-state index is 5.78. The summed E-state index contributed by atoms with van der Waals surface area (Å²) in [6.45, 7) is 0. The summed E-state index contributed by atoms with van der Waals surface area (Å²) in [6, 6.07) is 9.75. The highest BCUT2D eigenvalue weighted by atomic mass is 14.9. The number of nitrogens with two attached hydrogens (primary N) is 1. The van der Waals surface area contributed by atoms with Gasteiger partial charge in [0.15, 0.2) is 6.20 Å². The zero-order valence-corrected chi connectivity index (χ0v) is 6.70. The van der Waals surface area contributed by atoms with Gasteiger partial charge in [-0.1, -0.05) is 6.07 Å². The van der Waals surface area contributed by atoms with Crippen molar-refractivity contribution in [2.75, 3.05) is 5.73 Å². The molecule has 0 aliphatic heterocycles. The topological polar surface area (TPSA) is 29.9 Å². The monoisotopic (exact) mass is 158 g/mol. The van der Waals surface area contributed by atoms with Gasteiger partial charge in [0.05, 0.1) is 5.39 Å². The number of rotatable bonds is 0. The van der Waals surface area contributed by atoms with E-state index in [4.69, 9.17) is 5.73 Å². The quantitative estimate of drug-likeness (QED) is 0.455. The van der Waals surface area contributed by atoms with Crippen molar-refractivity contribution in [3.8, 4) is 0 Å². The molecule has 2 aromatic rings. The van der Waals surface area contributed by atoms with E-state index in [2.05, 4.69) is 7.05 Å². The van der Waals surface area contributed by atoms with Crippen molar-refractivity contribution in [1.29, 1.82) is 0 Å². The van der Waals surface area contributed by atoms with E-state index < -0.39 is 0 Å². The van der Waals surface area contributed by atoms with E-state index in [1.54, 1.807) is 0 Å². The first-order valence-electron chi connectivity index (χ1n) is 3.79. The fourth-order valence-corrected chi connectivity index (χ4v) is 1.33. The Morgan fingerprint density at radius 1 is 1.17 bits per heavy atom.